The van der Waals surface area contributed by atoms with Crippen molar-refractivity contribution in [2.75, 3.05) is 63.2 Å². The molecule has 0 aliphatic carbocycles. The van der Waals surface area contributed by atoms with E-state index in [-0.39, 0.29) is 10.8 Å². The van der Waals surface area contributed by atoms with E-state index in [4.69, 9.17) is 9.47 Å². The standard InChI is InChI=1S/C21H28N4O5S/c1-29-13-10-23-21(26)16-6-7-20(25-11-8-22-9-12-25)19(14-16)24-31(27,28)18-5-3-4-17(15-18)30-2/h3-7,14-15,22,24H,8-13H2,1-2H3,(H,23,26). The van der Waals surface area contributed by atoms with Gasteiger partial charge in [0.05, 0.1) is 30.0 Å². The van der Waals surface area contributed by atoms with Crippen LogP contribution in [0.2, 0.25) is 0 Å². The summed E-state index contributed by atoms with van der Waals surface area (Å²) in [5.74, 6) is 0.141. The molecule has 0 aromatic heterocycles. The van der Waals surface area contributed by atoms with Gasteiger partial charge in [0.15, 0.2) is 0 Å². The number of amides is 1. The van der Waals surface area contributed by atoms with Crippen molar-refractivity contribution in [2.24, 2.45) is 0 Å². The molecule has 1 amide bonds. The van der Waals surface area contributed by atoms with Crippen molar-refractivity contribution in [3.63, 3.8) is 0 Å². The topological polar surface area (TPSA) is 109 Å². The van der Waals surface area contributed by atoms with Crippen LogP contribution in [0.4, 0.5) is 11.4 Å². The van der Waals surface area contributed by atoms with E-state index >= 15 is 0 Å². The summed E-state index contributed by atoms with van der Waals surface area (Å²) in [5.41, 5.74) is 1.43. The second-order valence-corrected chi connectivity index (χ2v) is 8.68. The van der Waals surface area contributed by atoms with Gasteiger partial charge in [-0.2, -0.15) is 0 Å². The van der Waals surface area contributed by atoms with Crippen molar-refractivity contribution in [3.05, 3.63) is 48.0 Å². The molecule has 9 nitrogen and oxygen atoms in total. The predicted octanol–water partition coefficient (Wildman–Crippen LogP) is 1.28. The summed E-state index contributed by atoms with van der Waals surface area (Å²) >= 11 is 0. The molecule has 0 saturated carbocycles. The Bertz CT molecular complexity index is 1010. The molecular weight excluding hydrogens is 420 g/mol. The Morgan fingerprint density at radius 3 is 2.61 bits per heavy atom. The zero-order valence-corrected chi connectivity index (χ0v) is 18.5. The third-order valence-corrected chi connectivity index (χ3v) is 6.27. The van der Waals surface area contributed by atoms with Crippen LogP contribution in [0.3, 0.4) is 0 Å². The Kier molecular flexibility index (Phi) is 7.72. The van der Waals surface area contributed by atoms with Crippen LogP contribution in [-0.2, 0) is 14.8 Å². The van der Waals surface area contributed by atoms with Crippen LogP contribution in [-0.4, -0.2) is 67.9 Å². The lowest BCUT2D eigenvalue weighted by atomic mass is 10.1. The number of benzene rings is 2. The highest BCUT2D eigenvalue weighted by molar-refractivity contribution is 7.92. The molecule has 1 fully saturated rings. The molecular formula is C21H28N4O5S. The van der Waals surface area contributed by atoms with Crippen molar-refractivity contribution in [2.45, 2.75) is 4.90 Å². The first-order valence-corrected chi connectivity index (χ1v) is 11.5. The quantitative estimate of drug-likeness (QED) is 0.496. The average molecular weight is 449 g/mol. The number of methoxy groups -OCH3 is 2. The minimum absolute atomic E-state index is 0.0769. The molecule has 31 heavy (non-hydrogen) atoms. The smallest absolute Gasteiger partial charge is 0.262 e. The molecule has 168 valence electrons. The molecule has 10 heteroatoms. The van der Waals surface area contributed by atoms with Gasteiger partial charge in [-0.05, 0) is 30.3 Å². The fourth-order valence-electron chi connectivity index (χ4n) is 3.28. The van der Waals surface area contributed by atoms with Gasteiger partial charge in [0.2, 0.25) is 0 Å². The van der Waals surface area contributed by atoms with Crippen molar-refractivity contribution < 1.29 is 22.7 Å². The maximum Gasteiger partial charge on any atom is 0.262 e. The molecule has 1 aliphatic rings. The zero-order valence-electron chi connectivity index (χ0n) is 17.7. The number of carbonyl (C=O) groups is 1. The lowest BCUT2D eigenvalue weighted by Gasteiger charge is -2.31. The van der Waals surface area contributed by atoms with Crippen molar-refractivity contribution in [1.29, 1.82) is 0 Å². The molecule has 0 bridgehead atoms. The SMILES string of the molecule is COCCNC(=O)c1ccc(N2CCNCC2)c(NS(=O)(=O)c2cccc(OC)c2)c1. The highest BCUT2D eigenvalue weighted by Gasteiger charge is 2.21. The van der Waals surface area contributed by atoms with E-state index in [1.165, 1.54) is 19.2 Å². The third kappa shape index (κ3) is 5.87. The lowest BCUT2D eigenvalue weighted by molar-refractivity contribution is 0.0937. The Balaban J connectivity index is 1.93. The Morgan fingerprint density at radius 1 is 1.13 bits per heavy atom. The monoisotopic (exact) mass is 448 g/mol. The zero-order chi connectivity index (χ0) is 22.3. The molecule has 1 saturated heterocycles. The van der Waals surface area contributed by atoms with E-state index in [1.807, 2.05) is 0 Å². The Labute approximate surface area is 182 Å². The summed E-state index contributed by atoms with van der Waals surface area (Å²) in [7, 11) is -0.860. The fraction of sp³-hybridized carbons (Fsp3) is 0.381. The molecule has 0 atom stereocenters. The Hall–Kier alpha value is -2.82. The van der Waals surface area contributed by atoms with Gasteiger partial charge in [-0.25, -0.2) is 8.42 Å². The number of piperazine rings is 1. The van der Waals surface area contributed by atoms with Crippen LogP contribution in [0, 0.1) is 0 Å². The first kappa shape index (κ1) is 22.9. The van der Waals surface area contributed by atoms with E-state index < -0.39 is 10.0 Å². The van der Waals surface area contributed by atoms with E-state index in [1.54, 1.807) is 37.4 Å². The number of hydrogen-bond donors (Lipinski definition) is 3. The largest absolute Gasteiger partial charge is 0.497 e. The number of nitrogens with zero attached hydrogens (tertiary/aromatic N) is 1. The second kappa shape index (κ2) is 10.5. The highest BCUT2D eigenvalue weighted by Crippen LogP contribution is 2.30. The van der Waals surface area contributed by atoms with Crippen molar-refractivity contribution >= 4 is 27.3 Å². The lowest BCUT2D eigenvalue weighted by Crippen LogP contribution is -2.43. The van der Waals surface area contributed by atoms with E-state index in [9.17, 15) is 13.2 Å². The minimum atomic E-state index is -3.89. The number of sulfonamides is 1. The van der Waals surface area contributed by atoms with Gasteiger partial charge in [0.25, 0.3) is 15.9 Å². The van der Waals surface area contributed by atoms with Crippen LogP contribution in [0.5, 0.6) is 5.75 Å². The van der Waals surface area contributed by atoms with Gasteiger partial charge in [-0.3, -0.25) is 9.52 Å². The molecule has 1 aliphatic heterocycles. The van der Waals surface area contributed by atoms with Crippen molar-refractivity contribution in [3.8, 4) is 5.75 Å². The van der Waals surface area contributed by atoms with Crippen LogP contribution in [0.15, 0.2) is 47.4 Å². The van der Waals surface area contributed by atoms with Gasteiger partial charge in [0, 0.05) is 51.5 Å². The first-order chi connectivity index (χ1) is 14.9. The van der Waals surface area contributed by atoms with Gasteiger partial charge >= 0.3 is 0 Å². The highest BCUT2D eigenvalue weighted by atomic mass is 32.2. The van der Waals surface area contributed by atoms with Gasteiger partial charge < -0.3 is 25.0 Å². The molecule has 0 radical (unpaired) electrons. The number of nitrogens with one attached hydrogen (secondary N) is 3. The van der Waals surface area contributed by atoms with Crippen LogP contribution >= 0.6 is 0 Å². The number of ether oxygens (including phenoxy) is 2. The summed E-state index contributed by atoms with van der Waals surface area (Å²) < 4.78 is 38.9. The summed E-state index contributed by atoms with van der Waals surface area (Å²) in [4.78, 5) is 14.7. The van der Waals surface area contributed by atoms with Crippen LogP contribution in [0.25, 0.3) is 0 Å². The van der Waals surface area contributed by atoms with Crippen molar-refractivity contribution in [1.82, 2.24) is 10.6 Å². The average Bonchev–Trinajstić information content (AvgIpc) is 2.79. The number of anilines is 2. The van der Waals surface area contributed by atoms with Crippen LogP contribution < -0.4 is 25.0 Å². The summed E-state index contributed by atoms with van der Waals surface area (Å²) in [6.07, 6.45) is 0. The van der Waals surface area contributed by atoms with Gasteiger partial charge in [-0.15, -0.1) is 0 Å². The maximum absolute atomic E-state index is 13.1. The summed E-state index contributed by atoms with van der Waals surface area (Å²) in [6, 6.07) is 11.3. The number of rotatable bonds is 9. The fourth-order valence-corrected chi connectivity index (χ4v) is 4.38. The Morgan fingerprint density at radius 2 is 1.90 bits per heavy atom. The minimum Gasteiger partial charge on any atom is -0.497 e. The van der Waals surface area contributed by atoms with E-state index in [0.717, 1.165) is 31.9 Å². The first-order valence-electron chi connectivity index (χ1n) is 9.98. The third-order valence-electron chi connectivity index (χ3n) is 4.90. The molecule has 0 unspecified atom stereocenters. The molecule has 1 heterocycles. The van der Waals surface area contributed by atoms with Crippen LogP contribution in [0.1, 0.15) is 10.4 Å². The van der Waals surface area contributed by atoms with Gasteiger partial charge in [-0.1, -0.05) is 6.07 Å². The predicted molar refractivity (Wildman–Crippen MR) is 120 cm³/mol. The summed E-state index contributed by atoms with van der Waals surface area (Å²) in [6.45, 7) is 3.79. The molecule has 3 N–H and O–H groups in total. The summed E-state index contributed by atoms with van der Waals surface area (Å²) in [5, 5.41) is 6.03. The van der Waals surface area contributed by atoms with Gasteiger partial charge in [0.1, 0.15) is 5.75 Å². The normalized spacial score (nSPS) is 14.2. The number of carbonyl (C=O) groups excluding carboxylic acids is 1. The molecule has 2 aromatic carbocycles. The maximum atomic E-state index is 13.1. The van der Waals surface area contributed by atoms with E-state index in [0.29, 0.717) is 30.2 Å². The van der Waals surface area contributed by atoms with E-state index in [2.05, 4.69) is 20.3 Å². The molecule has 3 rings (SSSR count). The molecule has 2 aromatic rings. The number of hydrogen-bond acceptors (Lipinski definition) is 7. The second-order valence-electron chi connectivity index (χ2n) is 7.00. The molecule has 0 spiro atoms.